The highest BCUT2D eigenvalue weighted by atomic mass is 14.5. The molecule has 1 aliphatic rings. The van der Waals surface area contributed by atoms with Crippen molar-refractivity contribution in [1.29, 1.82) is 0 Å². The van der Waals surface area contributed by atoms with E-state index in [0.29, 0.717) is 10.8 Å². The number of rotatable bonds is 0. The van der Waals surface area contributed by atoms with Crippen LogP contribution in [0.3, 0.4) is 0 Å². The van der Waals surface area contributed by atoms with Gasteiger partial charge >= 0.3 is 0 Å². The van der Waals surface area contributed by atoms with Crippen LogP contribution in [-0.4, -0.2) is 0 Å². The highest BCUT2D eigenvalue weighted by molar-refractivity contribution is 4.92. The molecule has 0 heteroatoms. The van der Waals surface area contributed by atoms with Gasteiger partial charge in [-0.3, -0.25) is 0 Å². The fourth-order valence-corrected chi connectivity index (χ4v) is 2.22. The molecule has 0 amide bonds. The third-order valence-electron chi connectivity index (χ3n) is 3.80. The van der Waals surface area contributed by atoms with Crippen LogP contribution in [-0.2, 0) is 0 Å². The van der Waals surface area contributed by atoms with E-state index in [1.54, 1.807) is 0 Å². The Bertz CT molecular complexity index is 141. The van der Waals surface area contributed by atoms with Gasteiger partial charge < -0.3 is 0 Å². The summed E-state index contributed by atoms with van der Waals surface area (Å²) in [5.41, 5.74) is 1.10. The molecule has 1 aliphatic carbocycles. The lowest BCUT2D eigenvalue weighted by molar-refractivity contribution is 0.112. The largest absolute Gasteiger partial charge is 0.0625 e. The molecule has 0 radical (unpaired) electrons. The summed E-state index contributed by atoms with van der Waals surface area (Å²) < 4.78 is 0. The molecule has 0 aromatic carbocycles. The first kappa shape index (κ1) is 9.09. The van der Waals surface area contributed by atoms with Crippen LogP contribution in [0.1, 0.15) is 53.9 Å². The van der Waals surface area contributed by atoms with E-state index in [1.165, 1.54) is 19.3 Å². The lowest BCUT2D eigenvalue weighted by atomic mass is 9.66. The van der Waals surface area contributed by atoms with E-state index in [1.807, 2.05) is 0 Å². The molecule has 1 saturated carbocycles. The Hall–Kier alpha value is 0. The standard InChI is InChI=1S/C11H22/c1-9-6-7-11(5,8-9)10(2,3)4/h9H,6-8H2,1-5H3/t9-,11+/m1/s1. The summed E-state index contributed by atoms with van der Waals surface area (Å²) in [6.07, 6.45) is 4.29. The molecule has 0 heterocycles. The van der Waals surface area contributed by atoms with E-state index in [9.17, 15) is 0 Å². The van der Waals surface area contributed by atoms with Gasteiger partial charge in [0.15, 0.2) is 0 Å². The molecule has 0 aromatic heterocycles. The van der Waals surface area contributed by atoms with E-state index < -0.39 is 0 Å². The average molecular weight is 154 g/mol. The van der Waals surface area contributed by atoms with Crippen molar-refractivity contribution in [3.63, 3.8) is 0 Å². The van der Waals surface area contributed by atoms with Crippen LogP contribution < -0.4 is 0 Å². The quantitative estimate of drug-likeness (QED) is 0.497. The molecule has 0 aromatic rings. The van der Waals surface area contributed by atoms with Gasteiger partial charge in [-0.2, -0.15) is 0 Å². The molecule has 1 fully saturated rings. The topological polar surface area (TPSA) is 0 Å². The Balaban J connectivity index is 2.69. The zero-order valence-electron chi connectivity index (χ0n) is 8.70. The molecule has 11 heavy (non-hydrogen) atoms. The van der Waals surface area contributed by atoms with Gasteiger partial charge in [0.25, 0.3) is 0 Å². The predicted octanol–water partition coefficient (Wildman–Crippen LogP) is 3.86. The van der Waals surface area contributed by atoms with Crippen molar-refractivity contribution in [2.75, 3.05) is 0 Å². The Morgan fingerprint density at radius 3 is 2.00 bits per heavy atom. The molecule has 0 spiro atoms. The van der Waals surface area contributed by atoms with Crippen LogP contribution in [0.25, 0.3) is 0 Å². The van der Waals surface area contributed by atoms with Crippen molar-refractivity contribution in [3.8, 4) is 0 Å². The minimum atomic E-state index is 0.498. The monoisotopic (exact) mass is 154 g/mol. The van der Waals surface area contributed by atoms with Gasteiger partial charge in [0.05, 0.1) is 0 Å². The molecule has 0 bridgehead atoms. The molecule has 0 aliphatic heterocycles. The van der Waals surface area contributed by atoms with E-state index in [2.05, 4.69) is 34.6 Å². The predicted molar refractivity (Wildman–Crippen MR) is 50.6 cm³/mol. The third kappa shape index (κ3) is 1.60. The Morgan fingerprint density at radius 1 is 1.27 bits per heavy atom. The van der Waals surface area contributed by atoms with Crippen molar-refractivity contribution < 1.29 is 0 Å². The zero-order chi connectivity index (χ0) is 8.70. The second-order valence-corrected chi connectivity index (χ2v) is 5.66. The second kappa shape index (κ2) is 2.50. The minimum Gasteiger partial charge on any atom is -0.0625 e. The molecule has 1 rings (SSSR count). The summed E-state index contributed by atoms with van der Waals surface area (Å²) in [6.45, 7) is 12.0. The van der Waals surface area contributed by atoms with Gasteiger partial charge in [0, 0.05) is 0 Å². The molecule has 0 nitrogen and oxygen atoms in total. The summed E-state index contributed by atoms with van der Waals surface area (Å²) in [7, 11) is 0. The fraction of sp³-hybridized carbons (Fsp3) is 1.00. The van der Waals surface area contributed by atoms with E-state index in [-0.39, 0.29) is 0 Å². The molecule has 0 unspecified atom stereocenters. The average Bonchev–Trinajstić information content (AvgIpc) is 2.10. The SMILES string of the molecule is C[C@@H]1CC[C@](C)(C(C)(C)C)C1. The highest BCUT2D eigenvalue weighted by Gasteiger charge is 2.41. The van der Waals surface area contributed by atoms with Crippen LogP contribution in [0, 0.1) is 16.7 Å². The van der Waals surface area contributed by atoms with Gasteiger partial charge in [0.1, 0.15) is 0 Å². The van der Waals surface area contributed by atoms with Gasteiger partial charge in [-0.05, 0) is 29.6 Å². The summed E-state index contributed by atoms with van der Waals surface area (Å²) in [4.78, 5) is 0. The summed E-state index contributed by atoms with van der Waals surface area (Å²) in [6, 6.07) is 0. The van der Waals surface area contributed by atoms with Crippen LogP contribution in [0.5, 0.6) is 0 Å². The smallest absolute Gasteiger partial charge is 0.0275 e. The maximum absolute atomic E-state index is 2.45. The Labute approximate surface area is 71.4 Å². The number of hydrogen-bond acceptors (Lipinski definition) is 0. The summed E-state index contributed by atoms with van der Waals surface area (Å²) in [5, 5.41) is 0. The molecule has 0 saturated heterocycles. The maximum atomic E-state index is 2.45. The molecular weight excluding hydrogens is 132 g/mol. The summed E-state index contributed by atoms with van der Waals surface area (Å²) in [5.74, 6) is 0.958. The lowest BCUT2D eigenvalue weighted by Gasteiger charge is -2.39. The molecule has 2 atom stereocenters. The normalized spacial score (nSPS) is 39.5. The first-order chi connectivity index (χ1) is 4.85. The van der Waals surface area contributed by atoms with Gasteiger partial charge in [-0.25, -0.2) is 0 Å². The van der Waals surface area contributed by atoms with E-state index in [0.717, 1.165) is 5.92 Å². The van der Waals surface area contributed by atoms with Crippen molar-refractivity contribution in [2.24, 2.45) is 16.7 Å². The van der Waals surface area contributed by atoms with Crippen molar-refractivity contribution in [3.05, 3.63) is 0 Å². The lowest BCUT2D eigenvalue weighted by Crippen LogP contribution is -2.29. The van der Waals surface area contributed by atoms with Crippen LogP contribution in [0.15, 0.2) is 0 Å². The molecular formula is C11H22. The van der Waals surface area contributed by atoms with Gasteiger partial charge in [-0.1, -0.05) is 41.0 Å². The third-order valence-corrected chi connectivity index (χ3v) is 3.80. The summed E-state index contributed by atoms with van der Waals surface area (Å²) >= 11 is 0. The van der Waals surface area contributed by atoms with Crippen LogP contribution in [0.2, 0.25) is 0 Å². The van der Waals surface area contributed by atoms with E-state index >= 15 is 0 Å². The Kier molecular flexibility index (Phi) is 2.07. The van der Waals surface area contributed by atoms with Crippen molar-refractivity contribution in [2.45, 2.75) is 53.9 Å². The minimum absolute atomic E-state index is 0.498. The fourth-order valence-electron chi connectivity index (χ4n) is 2.22. The van der Waals surface area contributed by atoms with E-state index in [4.69, 9.17) is 0 Å². The maximum Gasteiger partial charge on any atom is -0.0275 e. The van der Waals surface area contributed by atoms with Crippen LogP contribution in [0.4, 0.5) is 0 Å². The van der Waals surface area contributed by atoms with Gasteiger partial charge in [0.2, 0.25) is 0 Å². The van der Waals surface area contributed by atoms with Crippen molar-refractivity contribution in [1.82, 2.24) is 0 Å². The van der Waals surface area contributed by atoms with Crippen molar-refractivity contribution >= 4 is 0 Å². The van der Waals surface area contributed by atoms with Gasteiger partial charge in [-0.15, -0.1) is 0 Å². The van der Waals surface area contributed by atoms with Crippen LogP contribution >= 0.6 is 0 Å². The first-order valence-electron chi connectivity index (χ1n) is 4.85. The number of hydrogen-bond donors (Lipinski definition) is 0. The molecule has 66 valence electrons. The second-order valence-electron chi connectivity index (χ2n) is 5.66. The Morgan fingerprint density at radius 2 is 1.82 bits per heavy atom. The first-order valence-corrected chi connectivity index (χ1v) is 4.85. The molecule has 0 N–H and O–H groups in total. The zero-order valence-corrected chi connectivity index (χ0v) is 8.70. The highest BCUT2D eigenvalue weighted by Crippen LogP contribution is 2.52.